The van der Waals surface area contributed by atoms with Crippen LogP contribution in [0.4, 0.5) is 10.3 Å². The zero-order valence-electron chi connectivity index (χ0n) is 17.3. The third-order valence-corrected chi connectivity index (χ3v) is 5.78. The molecule has 0 aliphatic carbocycles. The van der Waals surface area contributed by atoms with Crippen LogP contribution in [0.1, 0.15) is 29.8 Å². The molecule has 162 valence electrons. The highest BCUT2D eigenvalue weighted by Gasteiger charge is 2.62. The van der Waals surface area contributed by atoms with E-state index in [4.69, 9.17) is 10.5 Å². The lowest BCUT2D eigenvalue weighted by molar-refractivity contribution is 0.0478. The Morgan fingerprint density at radius 2 is 2.00 bits per heavy atom. The number of amides is 1. The summed E-state index contributed by atoms with van der Waals surface area (Å²) in [6.45, 7) is 3.57. The van der Waals surface area contributed by atoms with Crippen molar-refractivity contribution in [3.8, 4) is 0 Å². The van der Waals surface area contributed by atoms with Crippen molar-refractivity contribution in [2.75, 3.05) is 13.7 Å². The number of alkyl halides is 1. The van der Waals surface area contributed by atoms with E-state index in [0.717, 1.165) is 17.5 Å². The fourth-order valence-corrected chi connectivity index (χ4v) is 4.11. The van der Waals surface area contributed by atoms with Crippen LogP contribution in [0.25, 0.3) is 0 Å². The lowest BCUT2D eigenvalue weighted by atomic mass is 10.1. The number of epoxide rings is 1. The Morgan fingerprint density at radius 1 is 1.32 bits per heavy atom. The largest absolute Gasteiger partial charge is 0.369 e. The Morgan fingerprint density at radius 3 is 2.65 bits per heavy atom. The van der Waals surface area contributed by atoms with Crippen LogP contribution in [0.2, 0.25) is 0 Å². The summed E-state index contributed by atoms with van der Waals surface area (Å²) >= 11 is 0.877. The summed E-state index contributed by atoms with van der Waals surface area (Å²) in [5.41, 5.74) is 5.47. The van der Waals surface area contributed by atoms with Crippen molar-refractivity contribution < 1.29 is 13.9 Å². The van der Waals surface area contributed by atoms with Gasteiger partial charge in [-0.15, -0.1) is 0 Å². The second-order valence-electron chi connectivity index (χ2n) is 7.10. The molecular weight excluding hydrogens is 421 g/mol. The molecule has 3 heterocycles. The number of carbonyl (C=O) groups is 1. The van der Waals surface area contributed by atoms with Gasteiger partial charge >= 0.3 is 0 Å². The summed E-state index contributed by atoms with van der Waals surface area (Å²) in [7, 11) is 1.60. The first kappa shape index (κ1) is 21.2. The van der Waals surface area contributed by atoms with E-state index in [0.29, 0.717) is 12.2 Å². The lowest BCUT2D eigenvalue weighted by Crippen LogP contribution is -2.46. The standard InChI is InChI=1S/C20H22FN7O2S/c1-12(28-17(29)14-7-4-5-8-15(14)20(28)11-30-20)16(26-19-23-9-6-10-24-19)25-18(22)27(3)31-13(2)21/h4-10,12-13H,11H2,1-3H3,(H2,22,23,24,25,26). The number of fused-ring (bicyclic) bond motifs is 2. The average Bonchev–Trinajstić information content (AvgIpc) is 3.50. The second kappa shape index (κ2) is 8.23. The number of hydrogen-bond acceptors (Lipinski definition) is 6. The minimum atomic E-state index is -1.17. The van der Waals surface area contributed by atoms with Gasteiger partial charge in [-0.3, -0.25) is 14.0 Å². The van der Waals surface area contributed by atoms with Gasteiger partial charge in [-0.25, -0.2) is 14.4 Å². The molecule has 31 heavy (non-hydrogen) atoms. The highest BCUT2D eigenvalue weighted by molar-refractivity contribution is 7.97. The molecule has 3 unspecified atom stereocenters. The van der Waals surface area contributed by atoms with E-state index in [2.05, 4.69) is 20.0 Å². The Labute approximate surface area is 183 Å². The number of nitrogens with two attached hydrogens (primary N) is 1. The van der Waals surface area contributed by atoms with Crippen molar-refractivity contribution in [3.63, 3.8) is 0 Å². The van der Waals surface area contributed by atoms with Gasteiger partial charge in [0.15, 0.2) is 17.1 Å². The Bertz CT molecular complexity index is 1040. The van der Waals surface area contributed by atoms with E-state index in [9.17, 15) is 9.18 Å². The van der Waals surface area contributed by atoms with Crippen LogP contribution in [0.15, 0.2) is 52.7 Å². The average molecular weight is 444 g/mol. The maximum Gasteiger partial charge on any atom is 0.257 e. The number of rotatable bonds is 5. The normalized spacial score (nSPS) is 22.5. The SMILES string of the molecule is CC(F)SN(C)C(N)=N/C(=N/c1ncccn1)C(C)N1C(=O)c2ccccc2C12CO2. The third-order valence-electron chi connectivity index (χ3n) is 4.99. The molecular formula is C20H22FN7O2S. The van der Waals surface area contributed by atoms with Gasteiger partial charge < -0.3 is 10.5 Å². The van der Waals surface area contributed by atoms with Gasteiger partial charge in [-0.1, -0.05) is 18.2 Å². The second-order valence-corrected chi connectivity index (χ2v) is 8.51. The Hall–Kier alpha value is -3.05. The zero-order chi connectivity index (χ0) is 22.2. The van der Waals surface area contributed by atoms with Crippen molar-refractivity contribution >= 4 is 35.6 Å². The van der Waals surface area contributed by atoms with Crippen LogP contribution >= 0.6 is 11.9 Å². The fraction of sp³-hybridized carbons (Fsp3) is 0.350. The number of carbonyl (C=O) groups excluding carboxylic acids is 1. The van der Waals surface area contributed by atoms with Crippen LogP contribution in [-0.4, -0.2) is 62.1 Å². The molecule has 4 rings (SSSR count). The molecule has 1 fully saturated rings. The molecule has 1 spiro atoms. The number of aromatic nitrogens is 2. The number of halogens is 1. The van der Waals surface area contributed by atoms with Crippen LogP contribution in [-0.2, 0) is 10.5 Å². The number of nitrogens with zero attached hydrogens (tertiary/aromatic N) is 6. The Kier molecular flexibility index (Phi) is 5.63. The monoisotopic (exact) mass is 443 g/mol. The summed E-state index contributed by atoms with van der Waals surface area (Å²) in [6.07, 6.45) is 3.10. The Balaban J connectivity index is 1.73. The summed E-state index contributed by atoms with van der Waals surface area (Å²) in [5.74, 6) is 0.228. The third kappa shape index (κ3) is 3.98. The van der Waals surface area contributed by atoms with E-state index < -0.39 is 17.3 Å². The predicted octanol–water partition coefficient (Wildman–Crippen LogP) is 2.44. The summed E-state index contributed by atoms with van der Waals surface area (Å²) < 4.78 is 20.6. The molecule has 2 aromatic rings. The van der Waals surface area contributed by atoms with Crippen molar-refractivity contribution in [2.45, 2.75) is 31.1 Å². The van der Waals surface area contributed by atoms with Gasteiger partial charge in [0.1, 0.15) is 6.61 Å². The highest BCUT2D eigenvalue weighted by atomic mass is 32.2. The molecule has 1 saturated heterocycles. The molecule has 9 nitrogen and oxygen atoms in total. The van der Waals surface area contributed by atoms with Crippen LogP contribution < -0.4 is 5.73 Å². The summed E-state index contributed by atoms with van der Waals surface area (Å²) in [5, 5.41) is 0. The molecule has 3 atom stereocenters. The highest BCUT2D eigenvalue weighted by Crippen LogP contribution is 2.50. The van der Waals surface area contributed by atoms with Crippen molar-refractivity contribution in [3.05, 3.63) is 53.9 Å². The van der Waals surface area contributed by atoms with Crippen LogP contribution in [0.5, 0.6) is 0 Å². The van der Waals surface area contributed by atoms with Crippen molar-refractivity contribution in [1.82, 2.24) is 19.2 Å². The molecule has 2 N–H and O–H groups in total. The molecule has 0 radical (unpaired) electrons. The minimum Gasteiger partial charge on any atom is -0.369 e. The zero-order valence-corrected chi connectivity index (χ0v) is 18.1. The lowest BCUT2D eigenvalue weighted by Gasteiger charge is -2.29. The van der Waals surface area contributed by atoms with E-state index in [1.165, 1.54) is 11.2 Å². The van der Waals surface area contributed by atoms with E-state index in [1.807, 2.05) is 18.2 Å². The van der Waals surface area contributed by atoms with E-state index in [-0.39, 0.29) is 23.7 Å². The van der Waals surface area contributed by atoms with Gasteiger partial charge in [-0.2, -0.15) is 9.98 Å². The summed E-state index contributed by atoms with van der Waals surface area (Å²) in [6, 6.07) is 8.39. The minimum absolute atomic E-state index is 0.0333. The van der Waals surface area contributed by atoms with Gasteiger partial charge in [0, 0.05) is 30.6 Å². The maximum atomic E-state index is 13.4. The predicted molar refractivity (Wildman–Crippen MR) is 116 cm³/mol. The fourth-order valence-electron chi connectivity index (χ4n) is 3.52. The van der Waals surface area contributed by atoms with Gasteiger partial charge in [0.25, 0.3) is 11.9 Å². The van der Waals surface area contributed by atoms with Gasteiger partial charge in [0.2, 0.25) is 5.96 Å². The summed E-state index contributed by atoms with van der Waals surface area (Å²) in [4.78, 5) is 31.9. The number of benzene rings is 1. The molecule has 1 aromatic carbocycles. The first-order chi connectivity index (χ1) is 14.8. The molecule has 2 aliphatic rings. The first-order valence-corrected chi connectivity index (χ1v) is 10.5. The maximum absolute atomic E-state index is 13.4. The molecule has 0 saturated carbocycles. The number of amidine groups is 1. The molecule has 2 aliphatic heterocycles. The van der Waals surface area contributed by atoms with Crippen molar-refractivity contribution in [2.24, 2.45) is 15.7 Å². The molecule has 1 aromatic heterocycles. The molecule has 1 amide bonds. The smallest absolute Gasteiger partial charge is 0.257 e. The number of ether oxygens (including phenoxy) is 1. The first-order valence-electron chi connectivity index (χ1n) is 9.65. The van der Waals surface area contributed by atoms with E-state index >= 15 is 0 Å². The number of aliphatic imine (C=N–C) groups is 2. The number of guanidine groups is 1. The van der Waals surface area contributed by atoms with Crippen LogP contribution in [0, 0.1) is 0 Å². The van der Waals surface area contributed by atoms with Gasteiger partial charge in [-0.05, 0) is 37.9 Å². The number of hydrogen-bond donors (Lipinski definition) is 1. The topological polar surface area (TPSA) is 113 Å². The molecule has 0 bridgehead atoms. The van der Waals surface area contributed by atoms with E-state index in [1.54, 1.807) is 43.4 Å². The molecule has 11 heteroatoms. The van der Waals surface area contributed by atoms with Crippen LogP contribution in [0.3, 0.4) is 0 Å². The quantitative estimate of drug-likeness (QED) is 0.327. The van der Waals surface area contributed by atoms with Crippen molar-refractivity contribution in [1.29, 1.82) is 0 Å². The van der Waals surface area contributed by atoms with Gasteiger partial charge in [0.05, 0.1) is 6.04 Å².